The van der Waals surface area contributed by atoms with Crippen LogP contribution in [0.5, 0.6) is 5.75 Å². The molecule has 0 unspecified atom stereocenters. The number of hydrazine groups is 1. The molecule has 1 fully saturated rings. The zero-order chi connectivity index (χ0) is 11.7. The zero-order valence-corrected chi connectivity index (χ0v) is 9.72. The molecule has 1 saturated heterocycles. The molecule has 4 nitrogen and oxygen atoms in total. The number of rotatable bonds is 1. The van der Waals surface area contributed by atoms with Gasteiger partial charge in [0, 0.05) is 0 Å². The minimum Gasteiger partial charge on any atom is -0.508 e. The van der Waals surface area contributed by atoms with Crippen LogP contribution in [0.3, 0.4) is 0 Å². The Morgan fingerprint density at radius 3 is 2.50 bits per heavy atom. The summed E-state index contributed by atoms with van der Waals surface area (Å²) in [6, 6.07) is 6.51. The van der Waals surface area contributed by atoms with E-state index in [1.807, 2.05) is 0 Å². The van der Waals surface area contributed by atoms with Crippen LogP contribution in [-0.4, -0.2) is 20.3 Å². The molecule has 0 aromatic heterocycles. The van der Waals surface area contributed by atoms with Gasteiger partial charge in [-0.25, -0.2) is 10.9 Å². The summed E-state index contributed by atoms with van der Waals surface area (Å²) in [5.74, 6) is 5.31. The average Bonchev–Trinajstić information content (AvgIpc) is 2.50. The van der Waals surface area contributed by atoms with Crippen molar-refractivity contribution in [2.75, 3.05) is 0 Å². The van der Waals surface area contributed by atoms with Gasteiger partial charge in [0.05, 0.1) is 4.91 Å². The Morgan fingerprint density at radius 1 is 1.38 bits per heavy atom. The summed E-state index contributed by atoms with van der Waals surface area (Å²) in [5.41, 5.74) is 0.812. The van der Waals surface area contributed by atoms with Crippen LogP contribution in [-0.2, 0) is 4.79 Å². The molecule has 0 radical (unpaired) electrons. The Bertz CT molecular complexity index is 482. The molecule has 3 N–H and O–H groups in total. The fourth-order valence-electron chi connectivity index (χ4n) is 1.20. The Labute approximate surface area is 102 Å². The number of carbonyl (C=O) groups is 1. The first kappa shape index (κ1) is 11.1. The van der Waals surface area contributed by atoms with Gasteiger partial charge in [0.1, 0.15) is 5.75 Å². The van der Waals surface area contributed by atoms with Crippen LogP contribution in [0.4, 0.5) is 0 Å². The van der Waals surface area contributed by atoms with Gasteiger partial charge < -0.3 is 5.11 Å². The van der Waals surface area contributed by atoms with Gasteiger partial charge in [0.15, 0.2) is 4.32 Å². The number of benzene rings is 1. The first-order valence-corrected chi connectivity index (χ1v) is 5.62. The summed E-state index contributed by atoms with van der Waals surface area (Å²) in [6.45, 7) is 0. The number of carbonyl (C=O) groups excluding carboxylic acids is 1. The van der Waals surface area contributed by atoms with Crippen molar-refractivity contribution in [3.8, 4) is 5.75 Å². The highest BCUT2D eigenvalue weighted by molar-refractivity contribution is 8.26. The SMILES string of the molecule is NN1C(=O)/C(=C\c2ccc(O)cc2)SC1=S. The lowest BCUT2D eigenvalue weighted by molar-refractivity contribution is -0.122. The molecule has 0 spiro atoms. The zero-order valence-electron chi connectivity index (χ0n) is 8.08. The summed E-state index contributed by atoms with van der Waals surface area (Å²) < 4.78 is 0.343. The topological polar surface area (TPSA) is 66.6 Å². The second-order valence-corrected chi connectivity index (χ2v) is 4.82. The number of hydrogen-bond donors (Lipinski definition) is 2. The summed E-state index contributed by atoms with van der Waals surface area (Å²) in [7, 11) is 0. The third-order valence-corrected chi connectivity index (χ3v) is 3.34. The van der Waals surface area contributed by atoms with Crippen molar-refractivity contribution >= 4 is 40.3 Å². The molecule has 0 aliphatic carbocycles. The maximum Gasteiger partial charge on any atom is 0.280 e. The second-order valence-electron chi connectivity index (χ2n) is 3.14. The number of amides is 1. The molecule has 2 rings (SSSR count). The monoisotopic (exact) mass is 252 g/mol. The van der Waals surface area contributed by atoms with E-state index >= 15 is 0 Å². The highest BCUT2D eigenvalue weighted by atomic mass is 32.2. The predicted molar refractivity (Wildman–Crippen MR) is 67.3 cm³/mol. The first-order chi connectivity index (χ1) is 7.58. The molecule has 0 atom stereocenters. The van der Waals surface area contributed by atoms with Gasteiger partial charge in [-0.2, -0.15) is 0 Å². The quantitative estimate of drug-likeness (QED) is 0.343. The molecule has 1 aliphatic heterocycles. The van der Waals surface area contributed by atoms with E-state index in [1.165, 1.54) is 0 Å². The molecule has 1 heterocycles. The average molecular weight is 252 g/mol. The molecule has 1 aromatic carbocycles. The van der Waals surface area contributed by atoms with Crippen molar-refractivity contribution in [1.82, 2.24) is 5.01 Å². The van der Waals surface area contributed by atoms with E-state index in [-0.39, 0.29) is 11.7 Å². The van der Waals surface area contributed by atoms with E-state index < -0.39 is 0 Å². The summed E-state index contributed by atoms with van der Waals surface area (Å²) >= 11 is 6.06. The van der Waals surface area contributed by atoms with Crippen LogP contribution < -0.4 is 5.84 Å². The highest BCUT2D eigenvalue weighted by Crippen LogP contribution is 2.30. The minimum absolute atomic E-state index is 0.184. The van der Waals surface area contributed by atoms with Crippen LogP contribution in [0.2, 0.25) is 0 Å². The molecular weight excluding hydrogens is 244 g/mol. The van der Waals surface area contributed by atoms with Gasteiger partial charge in [-0.1, -0.05) is 36.1 Å². The largest absolute Gasteiger partial charge is 0.508 e. The number of nitrogens with two attached hydrogens (primary N) is 1. The summed E-state index contributed by atoms with van der Waals surface area (Å²) in [4.78, 5) is 12.0. The number of hydrogen-bond acceptors (Lipinski definition) is 5. The molecule has 0 bridgehead atoms. The normalized spacial score (nSPS) is 18.6. The molecule has 6 heteroatoms. The van der Waals surface area contributed by atoms with Gasteiger partial charge in [-0.15, -0.1) is 0 Å². The van der Waals surface area contributed by atoms with Crippen molar-refractivity contribution < 1.29 is 9.90 Å². The minimum atomic E-state index is -0.303. The van der Waals surface area contributed by atoms with Crippen LogP contribution in [0.25, 0.3) is 6.08 Å². The smallest absolute Gasteiger partial charge is 0.280 e. The molecule has 1 aromatic rings. The molecule has 0 saturated carbocycles. The van der Waals surface area contributed by atoms with Crippen molar-refractivity contribution in [2.45, 2.75) is 0 Å². The lowest BCUT2D eigenvalue weighted by atomic mass is 10.2. The van der Waals surface area contributed by atoms with Gasteiger partial charge >= 0.3 is 0 Å². The Kier molecular flexibility index (Phi) is 2.95. The molecule has 82 valence electrons. The van der Waals surface area contributed by atoms with E-state index in [4.69, 9.17) is 23.2 Å². The molecule has 1 amide bonds. The maximum absolute atomic E-state index is 11.6. The van der Waals surface area contributed by atoms with Crippen LogP contribution >= 0.6 is 24.0 Å². The van der Waals surface area contributed by atoms with E-state index in [2.05, 4.69) is 0 Å². The van der Waals surface area contributed by atoms with Crippen LogP contribution in [0, 0.1) is 0 Å². The van der Waals surface area contributed by atoms with Gasteiger partial charge in [0.2, 0.25) is 0 Å². The predicted octanol–water partition coefficient (Wildman–Crippen LogP) is 1.47. The van der Waals surface area contributed by atoms with Crippen LogP contribution in [0.1, 0.15) is 5.56 Å². The van der Waals surface area contributed by atoms with E-state index in [0.717, 1.165) is 22.3 Å². The summed E-state index contributed by atoms with van der Waals surface area (Å²) in [6.07, 6.45) is 1.69. The molecular formula is C10H8N2O2S2. The van der Waals surface area contributed by atoms with Gasteiger partial charge in [-0.05, 0) is 23.8 Å². The highest BCUT2D eigenvalue weighted by Gasteiger charge is 2.29. The number of aromatic hydroxyl groups is 1. The van der Waals surface area contributed by atoms with E-state index in [1.54, 1.807) is 30.3 Å². The standard InChI is InChI=1S/C10H8N2O2S2/c11-12-9(14)8(16-10(12)15)5-6-1-3-7(13)4-2-6/h1-5,13H,11H2/b8-5+. The fraction of sp³-hybridized carbons (Fsp3) is 0. The van der Waals surface area contributed by atoms with Crippen molar-refractivity contribution in [3.63, 3.8) is 0 Å². The second kappa shape index (κ2) is 4.25. The Hall–Kier alpha value is -1.37. The van der Waals surface area contributed by atoms with E-state index in [0.29, 0.717) is 9.23 Å². The summed E-state index contributed by atoms with van der Waals surface area (Å²) in [5, 5.41) is 10.1. The fourth-order valence-corrected chi connectivity index (χ4v) is 2.30. The third-order valence-electron chi connectivity index (χ3n) is 2.01. The lowest BCUT2D eigenvalue weighted by Gasteiger charge is -2.02. The lowest BCUT2D eigenvalue weighted by Crippen LogP contribution is -2.34. The van der Waals surface area contributed by atoms with Gasteiger partial charge in [0.25, 0.3) is 5.91 Å². The number of thiocarbonyl (C=S) groups is 1. The molecule has 16 heavy (non-hydrogen) atoms. The Morgan fingerprint density at radius 2 is 2.00 bits per heavy atom. The number of nitrogens with zero attached hydrogens (tertiary/aromatic N) is 1. The maximum atomic E-state index is 11.6. The van der Waals surface area contributed by atoms with Crippen molar-refractivity contribution in [1.29, 1.82) is 0 Å². The number of phenolic OH excluding ortho intramolecular Hbond substituents is 1. The van der Waals surface area contributed by atoms with Crippen molar-refractivity contribution in [2.24, 2.45) is 5.84 Å². The molecule has 1 aliphatic rings. The van der Waals surface area contributed by atoms with Gasteiger partial charge in [-0.3, -0.25) is 4.79 Å². The third kappa shape index (κ3) is 2.08. The number of thioether (sulfide) groups is 1. The number of phenols is 1. The van der Waals surface area contributed by atoms with E-state index in [9.17, 15) is 4.79 Å². The first-order valence-electron chi connectivity index (χ1n) is 4.39. The Balaban J connectivity index is 2.29. The van der Waals surface area contributed by atoms with Crippen molar-refractivity contribution in [3.05, 3.63) is 34.7 Å². The van der Waals surface area contributed by atoms with Crippen LogP contribution in [0.15, 0.2) is 29.2 Å².